The number of hydrogen-bond donors (Lipinski definition) is 2. The molecule has 1 aromatic heterocycles. The molecule has 3 rings (SSSR count). The second-order valence-corrected chi connectivity index (χ2v) is 5.11. The number of aromatic hydroxyl groups is 1. The average molecular weight is 243 g/mol. The van der Waals surface area contributed by atoms with E-state index in [1.54, 1.807) is 0 Å². The zero-order chi connectivity index (χ0) is 12.0. The molecule has 0 atom stereocenters. The SMILES string of the molecule is CCc1ccc2cc3csc(N)c3c(O)c2c1. The summed E-state index contributed by atoms with van der Waals surface area (Å²) >= 11 is 1.47. The molecule has 17 heavy (non-hydrogen) atoms. The Labute approximate surface area is 103 Å². The normalized spacial score (nSPS) is 11.4. The molecule has 3 heteroatoms. The topological polar surface area (TPSA) is 46.2 Å². The van der Waals surface area contributed by atoms with Crippen LogP contribution in [-0.2, 0) is 6.42 Å². The Morgan fingerprint density at radius 1 is 1.24 bits per heavy atom. The molecular weight excluding hydrogens is 230 g/mol. The number of fused-ring (bicyclic) bond motifs is 2. The lowest BCUT2D eigenvalue weighted by molar-refractivity contribution is 0.488. The fourth-order valence-electron chi connectivity index (χ4n) is 2.20. The summed E-state index contributed by atoms with van der Waals surface area (Å²) in [6, 6.07) is 8.28. The number of aryl methyl sites for hydroxylation is 1. The van der Waals surface area contributed by atoms with E-state index < -0.39 is 0 Å². The zero-order valence-electron chi connectivity index (χ0n) is 9.53. The first kappa shape index (κ1) is 10.4. The van der Waals surface area contributed by atoms with E-state index in [2.05, 4.69) is 25.1 Å². The molecule has 0 aliphatic heterocycles. The van der Waals surface area contributed by atoms with Crippen LogP contribution in [0.25, 0.3) is 21.5 Å². The van der Waals surface area contributed by atoms with Gasteiger partial charge in [-0.2, -0.15) is 0 Å². The van der Waals surface area contributed by atoms with Gasteiger partial charge in [-0.25, -0.2) is 0 Å². The van der Waals surface area contributed by atoms with Crippen molar-refractivity contribution in [3.05, 3.63) is 35.2 Å². The van der Waals surface area contributed by atoms with Crippen LogP contribution in [0.15, 0.2) is 29.6 Å². The Morgan fingerprint density at radius 3 is 2.82 bits per heavy atom. The van der Waals surface area contributed by atoms with Crippen LogP contribution in [0.1, 0.15) is 12.5 Å². The van der Waals surface area contributed by atoms with Gasteiger partial charge in [0.1, 0.15) is 5.75 Å². The van der Waals surface area contributed by atoms with Gasteiger partial charge in [0, 0.05) is 10.8 Å². The van der Waals surface area contributed by atoms with Gasteiger partial charge in [-0.1, -0.05) is 19.1 Å². The van der Waals surface area contributed by atoms with Crippen molar-refractivity contribution in [1.82, 2.24) is 0 Å². The predicted molar refractivity (Wildman–Crippen MR) is 74.8 cm³/mol. The molecule has 0 saturated heterocycles. The highest BCUT2D eigenvalue weighted by molar-refractivity contribution is 7.15. The molecule has 0 spiro atoms. The molecule has 3 N–H and O–H groups in total. The number of phenols is 1. The van der Waals surface area contributed by atoms with Gasteiger partial charge in [0.05, 0.1) is 10.4 Å². The van der Waals surface area contributed by atoms with Gasteiger partial charge in [0.25, 0.3) is 0 Å². The van der Waals surface area contributed by atoms with Crippen molar-refractivity contribution >= 4 is 37.9 Å². The first-order valence-corrected chi connectivity index (χ1v) is 6.50. The number of thiophene rings is 1. The van der Waals surface area contributed by atoms with Gasteiger partial charge in [-0.15, -0.1) is 11.3 Å². The summed E-state index contributed by atoms with van der Waals surface area (Å²) in [4.78, 5) is 0. The molecule has 0 unspecified atom stereocenters. The number of benzene rings is 2. The van der Waals surface area contributed by atoms with E-state index in [-0.39, 0.29) is 0 Å². The largest absolute Gasteiger partial charge is 0.507 e. The monoisotopic (exact) mass is 243 g/mol. The van der Waals surface area contributed by atoms with Crippen molar-refractivity contribution in [2.75, 3.05) is 5.73 Å². The summed E-state index contributed by atoms with van der Waals surface area (Å²) in [6.45, 7) is 2.11. The standard InChI is InChI=1S/C14H13NOS/c1-2-8-3-4-9-6-10-7-17-14(15)12(10)13(16)11(9)5-8/h3-7,16H,2,15H2,1H3. The molecule has 0 fully saturated rings. The molecule has 3 aromatic rings. The Bertz CT molecular complexity index is 715. The first-order valence-electron chi connectivity index (χ1n) is 5.62. The number of nitrogens with two attached hydrogens (primary N) is 1. The lowest BCUT2D eigenvalue weighted by Gasteiger charge is -2.06. The second kappa shape index (κ2) is 3.64. The van der Waals surface area contributed by atoms with Crippen molar-refractivity contribution < 1.29 is 5.11 Å². The van der Waals surface area contributed by atoms with Crippen LogP contribution in [0.4, 0.5) is 5.00 Å². The van der Waals surface area contributed by atoms with Gasteiger partial charge < -0.3 is 10.8 Å². The molecule has 0 aliphatic carbocycles. The summed E-state index contributed by atoms with van der Waals surface area (Å²) in [5.74, 6) is 0.312. The molecule has 2 aromatic carbocycles. The molecule has 1 heterocycles. The molecule has 2 nitrogen and oxygen atoms in total. The summed E-state index contributed by atoms with van der Waals surface area (Å²) in [6.07, 6.45) is 0.965. The average Bonchev–Trinajstić information content (AvgIpc) is 2.71. The van der Waals surface area contributed by atoms with Crippen LogP contribution in [0.5, 0.6) is 5.75 Å². The molecule has 86 valence electrons. The minimum Gasteiger partial charge on any atom is -0.507 e. The number of phenolic OH excluding ortho intramolecular Hbond substituents is 1. The van der Waals surface area contributed by atoms with Crippen molar-refractivity contribution in [2.24, 2.45) is 0 Å². The first-order chi connectivity index (χ1) is 8.20. The fourth-order valence-corrected chi connectivity index (χ4v) is 2.98. The smallest absolute Gasteiger partial charge is 0.134 e. The van der Waals surface area contributed by atoms with Crippen LogP contribution < -0.4 is 5.73 Å². The van der Waals surface area contributed by atoms with E-state index in [4.69, 9.17) is 5.73 Å². The number of anilines is 1. The van der Waals surface area contributed by atoms with Gasteiger partial charge in [0.2, 0.25) is 0 Å². The third-order valence-electron chi connectivity index (χ3n) is 3.18. The molecule has 0 aliphatic rings. The van der Waals surface area contributed by atoms with E-state index in [0.717, 1.165) is 28.0 Å². The Kier molecular flexibility index (Phi) is 2.23. The van der Waals surface area contributed by atoms with E-state index in [0.29, 0.717) is 10.8 Å². The van der Waals surface area contributed by atoms with Gasteiger partial charge in [-0.3, -0.25) is 0 Å². The Morgan fingerprint density at radius 2 is 2.06 bits per heavy atom. The van der Waals surface area contributed by atoms with Crippen LogP contribution in [0, 0.1) is 0 Å². The Balaban J connectivity index is 2.48. The van der Waals surface area contributed by atoms with E-state index in [1.807, 2.05) is 11.4 Å². The van der Waals surface area contributed by atoms with E-state index >= 15 is 0 Å². The van der Waals surface area contributed by atoms with Gasteiger partial charge in [-0.05, 0) is 34.9 Å². The van der Waals surface area contributed by atoms with Crippen LogP contribution in [-0.4, -0.2) is 5.11 Å². The maximum Gasteiger partial charge on any atom is 0.134 e. The van der Waals surface area contributed by atoms with E-state index in [1.165, 1.54) is 16.9 Å². The summed E-state index contributed by atoms with van der Waals surface area (Å²) in [7, 11) is 0. The third kappa shape index (κ3) is 1.46. The number of rotatable bonds is 1. The maximum absolute atomic E-state index is 10.3. The van der Waals surface area contributed by atoms with Crippen molar-refractivity contribution in [3.63, 3.8) is 0 Å². The molecular formula is C14H13NOS. The highest BCUT2D eigenvalue weighted by atomic mass is 32.1. The predicted octanol–water partition coefficient (Wildman–Crippen LogP) is 3.90. The van der Waals surface area contributed by atoms with Crippen molar-refractivity contribution in [3.8, 4) is 5.75 Å². The lowest BCUT2D eigenvalue weighted by Crippen LogP contribution is -1.84. The highest BCUT2D eigenvalue weighted by Gasteiger charge is 2.11. The lowest BCUT2D eigenvalue weighted by atomic mass is 10.0. The zero-order valence-corrected chi connectivity index (χ0v) is 10.3. The molecule has 0 radical (unpaired) electrons. The summed E-state index contributed by atoms with van der Waals surface area (Å²) in [5.41, 5.74) is 7.12. The van der Waals surface area contributed by atoms with Crippen LogP contribution >= 0.6 is 11.3 Å². The van der Waals surface area contributed by atoms with Crippen LogP contribution in [0.3, 0.4) is 0 Å². The Hall–Kier alpha value is -1.74. The highest BCUT2D eigenvalue weighted by Crippen LogP contribution is 2.40. The minimum atomic E-state index is 0.312. The minimum absolute atomic E-state index is 0.312. The second-order valence-electron chi connectivity index (χ2n) is 4.20. The van der Waals surface area contributed by atoms with Gasteiger partial charge >= 0.3 is 0 Å². The summed E-state index contributed by atoms with van der Waals surface area (Å²) in [5, 5.41) is 16.7. The van der Waals surface area contributed by atoms with Gasteiger partial charge in [0.15, 0.2) is 0 Å². The van der Waals surface area contributed by atoms with Crippen LogP contribution in [0.2, 0.25) is 0 Å². The number of nitrogen functional groups attached to an aromatic ring is 1. The third-order valence-corrected chi connectivity index (χ3v) is 4.01. The molecule has 0 saturated carbocycles. The fraction of sp³-hybridized carbons (Fsp3) is 0.143. The molecule has 0 amide bonds. The maximum atomic E-state index is 10.3. The van der Waals surface area contributed by atoms with E-state index in [9.17, 15) is 5.11 Å². The van der Waals surface area contributed by atoms with Crippen molar-refractivity contribution in [2.45, 2.75) is 13.3 Å². The quantitative estimate of drug-likeness (QED) is 0.680. The van der Waals surface area contributed by atoms with Crippen molar-refractivity contribution in [1.29, 1.82) is 0 Å². The molecule has 0 bridgehead atoms. The summed E-state index contributed by atoms with van der Waals surface area (Å²) < 4.78 is 0. The number of hydrogen-bond acceptors (Lipinski definition) is 3.